The van der Waals surface area contributed by atoms with Gasteiger partial charge in [-0.05, 0) is 55.6 Å². The van der Waals surface area contributed by atoms with Crippen LogP contribution in [0.3, 0.4) is 0 Å². The molecular formula is C16H14Br2N2O. The van der Waals surface area contributed by atoms with E-state index in [1.54, 1.807) is 0 Å². The molecule has 0 unspecified atom stereocenters. The Bertz CT molecular complexity index is 811. The normalized spacial score (nSPS) is 11.0. The number of fused-ring (bicyclic) bond motifs is 1. The minimum atomic E-state index is 0.467. The van der Waals surface area contributed by atoms with Crippen LogP contribution in [0.15, 0.2) is 45.3 Å². The molecule has 0 radical (unpaired) electrons. The van der Waals surface area contributed by atoms with Crippen molar-refractivity contribution in [3.63, 3.8) is 0 Å². The molecule has 0 amide bonds. The molecule has 0 spiro atoms. The maximum atomic E-state index is 5.97. The molecular weight excluding hydrogens is 396 g/mol. The van der Waals surface area contributed by atoms with Crippen molar-refractivity contribution in [3.8, 4) is 5.75 Å². The van der Waals surface area contributed by atoms with Gasteiger partial charge in [0, 0.05) is 7.05 Å². The lowest BCUT2D eigenvalue weighted by molar-refractivity contribution is 0.292. The number of ether oxygens (including phenoxy) is 1. The summed E-state index contributed by atoms with van der Waals surface area (Å²) in [4.78, 5) is 0. The van der Waals surface area contributed by atoms with E-state index in [1.807, 2.05) is 36.9 Å². The maximum absolute atomic E-state index is 5.97. The Morgan fingerprint density at radius 3 is 2.57 bits per heavy atom. The van der Waals surface area contributed by atoms with Gasteiger partial charge in [0.25, 0.3) is 0 Å². The fraction of sp³-hybridized carbons (Fsp3) is 0.188. The molecule has 0 aliphatic carbocycles. The second-order valence-electron chi connectivity index (χ2n) is 4.86. The Kier molecular flexibility index (Phi) is 4.04. The van der Waals surface area contributed by atoms with Crippen molar-refractivity contribution in [1.29, 1.82) is 0 Å². The zero-order valence-corrected chi connectivity index (χ0v) is 14.9. The highest BCUT2D eigenvalue weighted by Crippen LogP contribution is 2.34. The summed E-state index contributed by atoms with van der Waals surface area (Å²) in [6.45, 7) is 2.44. The average molecular weight is 410 g/mol. The SMILES string of the molecule is Cc1nn(C)c(COc2ccc3ccccc3c2Br)c1Br. The standard InChI is InChI=1S/C16H14Br2N2O/c1-10-15(17)13(20(2)19-10)9-21-14-8-7-11-5-3-4-6-12(11)16(14)18/h3-8H,9H2,1-2H3. The summed E-state index contributed by atoms with van der Waals surface area (Å²) in [6, 6.07) is 12.3. The summed E-state index contributed by atoms with van der Waals surface area (Å²) in [7, 11) is 1.92. The number of benzene rings is 2. The molecule has 108 valence electrons. The van der Waals surface area contributed by atoms with Crippen molar-refractivity contribution < 1.29 is 4.74 Å². The van der Waals surface area contributed by atoms with Crippen molar-refractivity contribution in [3.05, 3.63) is 56.7 Å². The summed E-state index contributed by atoms with van der Waals surface area (Å²) in [5.74, 6) is 0.833. The number of aryl methyl sites for hydroxylation is 2. The fourth-order valence-corrected chi connectivity index (χ4v) is 3.37. The predicted molar refractivity (Wildman–Crippen MR) is 91.6 cm³/mol. The first kappa shape index (κ1) is 14.6. The smallest absolute Gasteiger partial charge is 0.134 e. The lowest BCUT2D eigenvalue weighted by atomic mass is 10.1. The highest BCUT2D eigenvalue weighted by atomic mass is 79.9. The lowest BCUT2D eigenvalue weighted by Gasteiger charge is -2.11. The molecule has 3 nitrogen and oxygen atoms in total. The van der Waals surface area contributed by atoms with Crippen LogP contribution in [-0.4, -0.2) is 9.78 Å². The highest BCUT2D eigenvalue weighted by Gasteiger charge is 2.12. The van der Waals surface area contributed by atoms with E-state index in [2.05, 4.69) is 55.2 Å². The molecule has 0 N–H and O–H groups in total. The first-order valence-corrected chi connectivity index (χ1v) is 8.14. The van der Waals surface area contributed by atoms with Crippen LogP contribution in [-0.2, 0) is 13.7 Å². The molecule has 3 aromatic rings. The second kappa shape index (κ2) is 5.81. The van der Waals surface area contributed by atoms with Crippen molar-refractivity contribution in [2.24, 2.45) is 7.05 Å². The fourth-order valence-electron chi connectivity index (χ4n) is 2.31. The molecule has 0 saturated carbocycles. The van der Waals surface area contributed by atoms with Gasteiger partial charge in [-0.2, -0.15) is 5.10 Å². The Morgan fingerprint density at radius 2 is 1.86 bits per heavy atom. The summed E-state index contributed by atoms with van der Waals surface area (Å²) < 4.78 is 9.79. The Hall–Kier alpha value is -1.33. The first-order valence-electron chi connectivity index (χ1n) is 6.56. The molecule has 2 aromatic carbocycles. The first-order chi connectivity index (χ1) is 10.1. The maximum Gasteiger partial charge on any atom is 0.134 e. The molecule has 0 aliphatic heterocycles. The average Bonchev–Trinajstić information content (AvgIpc) is 2.72. The van der Waals surface area contributed by atoms with Crippen molar-refractivity contribution in [2.75, 3.05) is 0 Å². The van der Waals surface area contributed by atoms with Gasteiger partial charge in [0.2, 0.25) is 0 Å². The molecule has 1 heterocycles. The molecule has 5 heteroatoms. The minimum Gasteiger partial charge on any atom is -0.486 e. The van der Waals surface area contributed by atoms with Crippen LogP contribution in [0.1, 0.15) is 11.4 Å². The van der Waals surface area contributed by atoms with Crippen molar-refractivity contribution in [1.82, 2.24) is 9.78 Å². The molecule has 0 aliphatic rings. The van der Waals surface area contributed by atoms with Crippen LogP contribution in [0.25, 0.3) is 10.8 Å². The van der Waals surface area contributed by atoms with Gasteiger partial charge in [0.05, 0.1) is 20.3 Å². The van der Waals surface area contributed by atoms with Crippen molar-refractivity contribution >= 4 is 42.6 Å². The van der Waals surface area contributed by atoms with Gasteiger partial charge in [0.1, 0.15) is 12.4 Å². The quantitative estimate of drug-likeness (QED) is 0.609. The third kappa shape index (κ3) is 2.72. The van der Waals surface area contributed by atoms with E-state index < -0.39 is 0 Å². The van der Waals surface area contributed by atoms with E-state index >= 15 is 0 Å². The van der Waals surface area contributed by atoms with Crippen LogP contribution in [0, 0.1) is 6.92 Å². The zero-order valence-electron chi connectivity index (χ0n) is 11.7. The largest absolute Gasteiger partial charge is 0.486 e. The molecule has 0 atom stereocenters. The van der Waals surface area contributed by atoms with Gasteiger partial charge in [-0.25, -0.2) is 0 Å². The van der Waals surface area contributed by atoms with E-state index in [0.29, 0.717) is 6.61 Å². The zero-order chi connectivity index (χ0) is 15.0. The topological polar surface area (TPSA) is 27.1 Å². The van der Waals surface area contributed by atoms with Gasteiger partial charge in [-0.15, -0.1) is 0 Å². The Morgan fingerprint density at radius 1 is 1.10 bits per heavy atom. The second-order valence-corrected chi connectivity index (χ2v) is 6.44. The van der Waals surface area contributed by atoms with Gasteiger partial charge >= 0.3 is 0 Å². The molecule has 3 rings (SSSR count). The van der Waals surface area contributed by atoms with Crippen molar-refractivity contribution in [2.45, 2.75) is 13.5 Å². The summed E-state index contributed by atoms with van der Waals surface area (Å²) >= 11 is 7.20. The molecule has 0 fully saturated rings. The van der Waals surface area contributed by atoms with Gasteiger partial charge < -0.3 is 4.74 Å². The number of hydrogen-bond acceptors (Lipinski definition) is 2. The van der Waals surface area contributed by atoms with Gasteiger partial charge in [-0.3, -0.25) is 4.68 Å². The van der Waals surface area contributed by atoms with E-state index in [4.69, 9.17) is 4.74 Å². The monoisotopic (exact) mass is 408 g/mol. The molecule has 0 saturated heterocycles. The predicted octanol–water partition coefficient (Wildman–Crippen LogP) is 4.99. The number of halogens is 2. The minimum absolute atomic E-state index is 0.467. The number of rotatable bonds is 3. The third-order valence-corrected chi connectivity index (χ3v) is 5.30. The van der Waals surface area contributed by atoms with Gasteiger partial charge in [0.15, 0.2) is 0 Å². The van der Waals surface area contributed by atoms with E-state index in [1.165, 1.54) is 5.39 Å². The van der Waals surface area contributed by atoms with Crippen LogP contribution >= 0.6 is 31.9 Å². The lowest BCUT2D eigenvalue weighted by Crippen LogP contribution is -2.04. The number of hydrogen-bond donors (Lipinski definition) is 0. The summed E-state index contributed by atoms with van der Waals surface area (Å²) in [5, 5.41) is 6.71. The van der Waals surface area contributed by atoms with Crippen LogP contribution in [0.2, 0.25) is 0 Å². The number of aromatic nitrogens is 2. The highest BCUT2D eigenvalue weighted by molar-refractivity contribution is 9.11. The van der Waals surface area contributed by atoms with E-state index in [-0.39, 0.29) is 0 Å². The number of nitrogens with zero attached hydrogens (tertiary/aromatic N) is 2. The van der Waals surface area contributed by atoms with E-state index in [9.17, 15) is 0 Å². The summed E-state index contributed by atoms with van der Waals surface area (Å²) in [5.41, 5.74) is 1.99. The Labute approximate surface area is 140 Å². The molecule has 21 heavy (non-hydrogen) atoms. The Balaban J connectivity index is 1.90. The molecule has 0 bridgehead atoms. The van der Waals surface area contributed by atoms with Crippen LogP contribution < -0.4 is 4.74 Å². The van der Waals surface area contributed by atoms with Crippen LogP contribution in [0.4, 0.5) is 0 Å². The third-order valence-electron chi connectivity index (χ3n) is 3.45. The van der Waals surface area contributed by atoms with E-state index in [0.717, 1.165) is 31.5 Å². The van der Waals surface area contributed by atoms with Gasteiger partial charge in [-0.1, -0.05) is 30.3 Å². The van der Waals surface area contributed by atoms with Crippen LogP contribution in [0.5, 0.6) is 5.75 Å². The molecule has 1 aromatic heterocycles. The summed E-state index contributed by atoms with van der Waals surface area (Å²) in [6.07, 6.45) is 0.